The van der Waals surface area contributed by atoms with Gasteiger partial charge in [0.2, 0.25) is 18.5 Å². The lowest BCUT2D eigenvalue weighted by molar-refractivity contribution is -0.683. The Balaban J connectivity index is 0.000000273. The minimum absolute atomic E-state index is 0.0458. The molecule has 0 aliphatic heterocycles. The second-order valence-corrected chi connectivity index (χ2v) is 14.5. The molecule has 0 saturated heterocycles. The number of hydrogen-bond donors (Lipinski definition) is 0. The van der Waals surface area contributed by atoms with Crippen LogP contribution in [0.15, 0.2) is 67.1 Å². The van der Waals surface area contributed by atoms with Gasteiger partial charge in [-0.05, 0) is 31.0 Å². The molecule has 0 spiro atoms. The van der Waals surface area contributed by atoms with Gasteiger partial charge in [0, 0.05) is 5.56 Å². The van der Waals surface area contributed by atoms with E-state index in [1.165, 1.54) is 0 Å². The first kappa shape index (κ1) is 50.9. The van der Waals surface area contributed by atoms with Crippen LogP contribution in [0, 0.1) is 130 Å². The quantitative estimate of drug-likeness (QED) is 0.0362. The Kier molecular flexibility index (Phi) is 14.2. The Bertz CT molecular complexity index is 2850. The molecule has 1 aromatic heterocycles. The number of benzene rings is 6. The van der Waals surface area contributed by atoms with Crippen molar-refractivity contribution in [3.8, 4) is 11.6 Å². The third-order valence-corrected chi connectivity index (χ3v) is 10.6. The molecule has 25 heteroatoms. The molecule has 7 rings (SSSR count). The van der Waals surface area contributed by atoms with Crippen LogP contribution < -0.4 is 31.2 Å². The van der Waals surface area contributed by atoms with E-state index in [-0.39, 0.29) is 12.3 Å². The molecule has 6 aromatic carbocycles. The standard InChI is InChI=1S/C24BF20.C20H19N2O2/c26-5-1(6(27)14(35)21(42)13(5)34)25(2-7(28)15(36)22(43)16(37)8(2)29,3-9(30)17(38)23(44)18(39)10(3)31)4-11(32)19(40)24(45)20(41)12(4)33;1-15-7-6-10-19(16(15)2)24-20-14-22(12-11-21-20)13-18(23)17-8-4-3-5-9-17/h;3-12,14H,13H2,1-2H3/q-1;+1. The summed E-state index contributed by atoms with van der Waals surface area (Å²) in [6.07, 6.45) is -2.08. The summed E-state index contributed by atoms with van der Waals surface area (Å²) in [7, 11) is 0. The molecule has 0 bridgehead atoms. The fourth-order valence-corrected chi connectivity index (χ4v) is 7.26. The van der Waals surface area contributed by atoms with E-state index in [1.807, 2.05) is 62.4 Å². The summed E-state index contributed by atoms with van der Waals surface area (Å²) in [5.74, 6) is -70.1. The maximum Gasteiger partial charge on any atom is 0.285 e. The Morgan fingerprint density at radius 1 is 0.464 bits per heavy atom. The number of aryl methyl sites for hydroxylation is 1. The van der Waals surface area contributed by atoms with Crippen LogP contribution in [0.1, 0.15) is 21.5 Å². The monoisotopic (exact) mass is 998 g/mol. The number of carbonyl (C=O) groups is 1. The van der Waals surface area contributed by atoms with Gasteiger partial charge in [-0.15, -0.1) is 21.9 Å². The number of carbonyl (C=O) groups excluding carboxylic acids is 1. The zero-order valence-electron chi connectivity index (χ0n) is 33.9. The molecule has 0 atom stereocenters. The molecular weight excluding hydrogens is 979 g/mol. The van der Waals surface area contributed by atoms with Crippen molar-refractivity contribution in [3.05, 3.63) is 200 Å². The third-order valence-electron chi connectivity index (χ3n) is 10.6. The van der Waals surface area contributed by atoms with E-state index in [2.05, 4.69) is 4.98 Å². The van der Waals surface area contributed by atoms with Crippen LogP contribution in [-0.4, -0.2) is 16.9 Å². The number of ketones is 1. The van der Waals surface area contributed by atoms with Gasteiger partial charge in [0.1, 0.15) is 58.4 Å². The number of hydrogen-bond acceptors (Lipinski definition) is 3. The lowest BCUT2D eigenvalue weighted by atomic mass is 9.12. The van der Waals surface area contributed by atoms with Gasteiger partial charge in [-0.3, -0.25) is 4.79 Å². The normalized spacial score (nSPS) is 11.4. The van der Waals surface area contributed by atoms with Crippen LogP contribution in [0.5, 0.6) is 11.6 Å². The van der Waals surface area contributed by atoms with Crippen LogP contribution in [0.4, 0.5) is 87.8 Å². The first-order valence-corrected chi connectivity index (χ1v) is 18.7. The van der Waals surface area contributed by atoms with Gasteiger partial charge in [0.25, 0.3) is 5.88 Å². The minimum Gasteiger partial charge on any atom is -0.434 e. The molecule has 0 amide bonds. The molecule has 360 valence electrons. The van der Waals surface area contributed by atoms with Crippen molar-refractivity contribution < 1.29 is 102 Å². The largest absolute Gasteiger partial charge is 0.434 e. The van der Waals surface area contributed by atoms with E-state index >= 15 is 35.1 Å². The predicted octanol–water partition coefficient (Wildman–Crippen LogP) is 9.51. The van der Waals surface area contributed by atoms with E-state index in [4.69, 9.17) is 4.74 Å². The molecule has 0 aliphatic rings. The fraction of sp³-hybridized carbons (Fsp3) is 0.0682. The van der Waals surface area contributed by atoms with Gasteiger partial charge < -0.3 is 4.74 Å². The van der Waals surface area contributed by atoms with Crippen LogP contribution in [0.25, 0.3) is 0 Å². The van der Waals surface area contributed by atoms with E-state index in [9.17, 15) is 57.5 Å². The van der Waals surface area contributed by atoms with E-state index in [0.29, 0.717) is 11.4 Å². The van der Waals surface area contributed by atoms with Gasteiger partial charge in [-0.1, -0.05) is 42.5 Å². The Labute approximate surface area is 372 Å². The fourth-order valence-electron chi connectivity index (χ4n) is 7.26. The van der Waals surface area contributed by atoms with Crippen LogP contribution >= 0.6 is 0 Å². The molecule has 0 aliphatic carbocycles. The molecule has 7 aromatic rings. The average molecular weight is 998 g/mol. The van der Waals surface area contributed by atoms with Gasteiger partial charge in [-0.25, -0.2) is 92.8 Å². The molecule has 0 fully saturated rings. The van der Waals surface area contributed by atoms with Gasteiger partial charge in [0.05, 0.1) is 6.20 Å². The maximum absolute atomic E-state index is 15.4. The van der Waals surface area contributed by atoms with Crippen molar-refractivity contribution in [1.29, 1.82) is 0 Å². The Morgan fingerprint density at radius 3 is 1.14 bits per heavy atom. The molecule has 4 nitrogen and oxygen atoms in total. The highest BCUT2D eigenvalue weighted by atomic mass is 19.2. The van der Waals surface area contributed by atoms with E-state index in [0.717, 1.165) is 16.9 Å². The lowest BCUT2D eigenvalue weighted by Crippen LogP contribution is -2.81. The molecule has 0 saturated carbocycles. The van der Waals surface area contributed by atoms with Crippen molar-refractivity contribution in [2.24, 2.45) is 0 Å². The molecule has 69 heavy (non-hydrogen) atoms. The van der Waals surface area contributed by atoms with E-state index in [1.54, 1.807) is 23.2 Å². The summed E-state index contributed by atoms with van der Waals surface area (Å²) in [6.45, 7) is 4.30. The van der Waals surface area contributed by atoms with Gasteiger partial charge in [-0.2, -0.15) is 4.57 Å². The number of aromatic nitrogens is 2. The van der Waals surface area contributed by atoms with Crippen molar-refractivity contribution >= 4 is 33.8 Å². The average Bonchev–Trinajstić information content (AvgIpc) is 3.33. The number of halogens is 20. The SMILES string of the molecule is Cc1cccc(Oc2c[n+](CC(=O)c3ccccc3)ccn2)c1C.Fc1c(F)c(F)c([B-](c2c(F)c(F)c(F)c(F)c2F)(c2c(F)c(F)c(F)c(F)c2F)c2c(F)c(F)c(F)c(F)c2F)c(F)c1F. The highest BCUT2D eigenvalue weighted by Gasteiger charge is 2.52. The van der Waals surface area contributed by atoms with Gasteiger partial charge in [0.15, 0.2) is 76.0 Å². The predicted molar refractivity (Wildman–Crippen MR) is 200 cm³/mol. The summed E-state index contributed by atoms with van der Waals surface area (Å²) < 4.78 is 302. The third kappa shape index (κ3) is 8.46. The highest BCUT2D eigenvalue weighted by Crippen LogP contribution is 2.31. The molecule has 0 radical (unpaired) electrons. The summed E-state index contributed by atoms with van der Waals surface area (Å²) in [6, 6.07) is 15.2. The summed E-state index contributed by atoms with van der Waals surface area (Å²) >= 11 is 0. The second-order valence-electron chi connectivity index (χ2n) is 14.5. The summed E-state index contributed by atoms with van der Waals surface area (Å²) in [5, 5.41) is 0. The summed E-state index contributed by atoms with van der Waals surface area (Å²) in [5.41, 5.74) is -11.4. The number of Topliss-reactive ketones (excluding diaryl/α,β-unsaturated/α-hetero) is 1. The van der Waals surface area contributed by atoms with Crippen molar-refractivity contribution in [2.75, 3.05) is 0 Å². The van der Waals surface area contributed by atoms with Crippen molar-refractivity contribution in [3.63, 3.8) is 0 Å². The number of nitrogens with zero attached hydrogens (tertiary/aromatic N) is 2. The van der Waals surface area contributed by atoms with Crippen LogP contribution in [-0.2, 0) is 6.54 Å². The zero-order valence-corrected chi connectivity index (χ0v) is 33.9. The van der Waals surface area contributed by atoms with Gasteiger partial charge >= 0.3 is 0 Å². The lowest BCUT2D eigenvalue weighted by Gasteiger charge is -2.44. The number of rotatable bonds is 9. The first-order valence-electron chi connectivity index (χ1n) is 18.7. The first-order chi connectivity index (χ1) is 32.3. The zero-order chi connectivity index (χ0) is 51.3. The number of ether oxygens (including phenoxy) is 1. The Morgan fingerprint density at radius 2 is 0.797 bits per heavy atom. The maximum atomic E-state index is 15.4. The van der Waals surface area contributed by atoms with Crippen molar-refractivity contribution in [1.82, 2.24) is 4.98 Å². The molecule has 1 heterocycles. The van der Waals surface area contributed by atoms with Crippen LogP contribution in [0.3, 0.4) is 0 Å². The Hall–Kier alpha value is -7.47. The summed E-state index contributed by atoms with van der Waals surface area (Å²) in [4.78, 5) is 16.5. The minimum atomic E-state index is -7.22. The van der Waals surface area contributed by atoms with Crippen LogP contribution in [0.2, 0.25) is 0 Å². The smallest absolute Gasteiger partial charge is 0.285 e. The molecular formula is C44H19BF20N2O2. The topological polar surface area (TPSA) is 43.1 Å². The van der Waals surface area contributed by atoms with E-state index < -0.39 is 144 Å². The molecule has 0 N–H and O–H groups in total. The second kappa shape index (κ2) is 19.3. The van der Waals surface area contributed by atoms with Crippen molar-refractivity contribution in [2.45, 2.75) is 20.4 Å². The highest BCUT2D eigenvalue weighted by molar-refractivity contribution is 7.20. The molecule has 0 unspecified atom stereocenters.